The van der Waals surface area contributed by atoms with Crippen molar-refractivity contribution in [1.82, 2.24) is 4.98 Å². The maximum Gasteiger partial charge on any atom is 0.256 e. The highest BCUT2D eigenvalue weighted by atomic mass is 16.1. The summed E-state index contributed by atoms with van der Waals surface area (Å²) >= 11 is 0. The molecule has 0 unspecified atom stereocenters. The number of anilines is 1. The summed E-state index contributed by atoms with van der Waals surface area (Å²) in [6.07, 6.45) is 4.69. The van der Waals surface area contributed by atoms with Crippen LogP contribution in [0, 0.1) is 6.92 Å². The van der Waals surface area contributed by atoms with Gasteiger partial charge < -0.3 is 5.32 Å². The molecule has 3 rings (SSSR count). The molecule has 0 atom stereocenters. The molecule has 102 valence electrons. The summed E-state index contributed by atoms with van der Waals surface area (Å²) in [6.45, 7) is 1.91. The average Bonchev–Trinajstić information content (AvgIpc) is 2.47. The Balaban J connectivity index is 1.80. The lowest BCUT2D eigenvalue weighted by atomic mass is 9.90. The number of nitrogens with zero attached hydrogens (tertiary/aromatic N) is 1. The van der Waals surface area contributed by atoms with Crippen molar-refractivity contribution in [2.24, 2.45) is 0 Å². The molecule has 20 heavy (non-hydrogen) atoms. The van der Waals surface area contributed by atoms with E-state index in [1.54, 1.807) is 0 Å². The Kier molecular flexibility index (Phi) is 3.50. The minimum Gasteiger partial charge on any atom is -0.307 e. The van der Waals surface area contributed by atoms with Gasteiger partial charge in [-0.3, -0.25) is 4.79 Å². The second-order valence-corrected chi connectivity index (χ2v) is 5.31. The first-order valence-corrected chi connectivity index (χ1v) is 7.09. The second kappa shape index (κ2) is 5.45. The van der Waals surface area contributed by atoms with Crippen LogP contribution < -0.4 is 5.32 Å². The van der Waals surface area contributed by atoms with Crippen molar-refractivity contribution in [3.8, 4) is 0 Å². The Hall–Kier alpha value is -2.16. The van der Waals surface area contributed by atoms with Gasteiger partial charge in [0.15, 0.2) is 0 Å². The van der Waals surface area contributed by atoms with Crippen molar-refractivity contribution >= 4 is 11.7 Å². The van der Waals surface area contributed by atoms with Crippen LogP contribution in [0.4, 0.5) is 5.82 Å². The predicted octanol–water partition coefficient (Wildman–Crippen LogP) is 3.52. The van der Waals surface area contributed by atoms with Gasteiger partial charge >= 0.3 is 0 Å². The molecule has 1 aromatic carbocycles. The van der Waals surface area contributed by atoms with Crippen molar-refractivity contribution in [1.29, 1.82) is 0 Å². The van der Waals surface area contributed by atoms with Gasteiger partial charge in [-0.1, -0.05) is 12.1 Å². The van der Waals surface area contributed by atoms with Gasteiger partial charge in [-0.2, -0.15) is 0 Å². The largest absolute Gasteiger partial charge is 0.307 e. The fourth-order valence-corrected chi connectivity index (χ4v) is 2.68. The van der Waals surface area contributed by atoms with Crippen LogP contribution in [-0.2, 0) is 12.8 Å². The van der Waals surface area contributed by atoms with E-state index in [-0.39, 0.29) is 5.91 Å². The first kappa shape index (κ1) is 12.9. The molecule has 2 aromatic rings. The van der Waals surface area contributed by atoms with Crippen LogP contribution in [0.5, 0.6) is 0 Å². The summed E-state index contributed by atoms with van der Waals surface area (Å²) in [6, 6.07) is 11.6. The Morgan fingerprint density at radius 3 is 2.70 bits per heavy atom. The minimum atomic E-state index is -0.0866. The van der Waals surface area contributed by atoms with Gasteiger partial charge in [-0.05, 0) is 68.0 Å². The van der Waals surface area contributed by atoms with Crippen molar-refractivity contribution in [2.75, 3.05) is 5.32 Å². The van der Waals surface area contributed by atoms with Crippen LogP contribution in [0.25, 0.3) is 0 Å². The van der Waals surface area contributed by atoms with E-state index in [0.29, 0.717) is 11.4 Å². The highest BCUT2D eigenvalue weighted by molar-refractivity contribution is 6.03. The topological polar surface area (TPSA) is 42.0 Å². The predicted molar refractivity (Wildman–Crippen MR) is 80.0 cm³/mol. The standard InChI is InChI=1S/C17H18N2O/c1-12-5-4-8-16(18-12)19-17(20)15-10-9-13-6-2-3-7-14(13)11-15/h4-5,8-11H,2-3,6-7H2,1H3,(H,18,19,20). The number of aryl methyl sites for hydroxylation is 3. The van der Waals surface area contributed by atoms with Crippen LogP contribution in [0.15, 0.2) is 36.4 Å². The maximum atomic E-state index is 12.3. The molecule has 1 aliphatic carbocycles. The van der Waals surface area contributed by atoms with Gasteiger partial charge in [0.05, 0.1) is 0 Å². The summed E-state index contributed by atoms with van der Waals surface area (Å²) in [5.74, 6) is 0.518. The van der Waals surface area contributed by atoms with Gasteiger partial charge in [0.2, 0.25) is 0 Å². The smallest absolute Gasteiger partial charge is 0.256 e. The van der Waals surface area contributed by atoms with Crippen molar-refractivity contribution in [3.63, 3.8) is 0 Å². The van der Waals surface area contributed by atoms with Gasteiger partial charge in [0.1, 0.15) is 5.82 Å². The fourth-order valence-electron chi connectivity index (χ4n) is 2.68. The third-order valence-electron chi connectivity index (χ3n) is 3.74. The van der Waals surface area contributed by atoms with E-state index in [1.165, 1.54) is 24.0 Å². The Morgan fingerprint density at radius 2 is 1.90 bits per heavy atom. The number of amides is 1. The monoisotopic (exact) mass is 266 g/mol. The number of carbonyl (C=O) groups is 1. The molecule has 1 heterocycles. The molecule has 3 heteroatoms. The minimum absolute atomic E-state index is 0.0866. The molecular formula is C17H18N2O. The third kappa shape index (κ3) is 2.72. The number of benzene rings is 1. The van der Waals surface area contributed by atoms with Gasteiger partial charge in [0.25, 0.3) is 5.91 Å². The number of carbonyl (C=O) groups excluding carboxylic acids is 1. The second-order valence-electron chi connectivity index (χ2n) is 5.31. The summed E-state index contributed by atoms with van der Waals surface area (Å²) in [5.41, 5.74) is 4.32. The molecule has 0 saturated carbocycles. The number of hydrogen-bond acceptors (Lipinski definition) is 2. The van der Waals surface area contributed by atoms with E-state index in [2.05, 4.69) is 16.4 Å². The molecule has 0 bridgehead atoms. The zero-order valence-electron chi connectivity index (χ0n) is 11.6. The summed E-state index contributed by atoms with van der Waals surface area (Å²) in [7, 11) is 0. The highest BCUT2D eigenvalue weighted by Gasteiger charge is 2.13. The van der Waals surface area contributed by atoms with Crippen LogP contribution in [0.1, 0.15) is 40.0 Å². The first-order chi connectivity index (χ1) is 9.72. The van der Waals surface area contributed by atoms with Gasteiger partial charge in [0, 0.05) is 11.3 Å². The van der Waals surface area contributed by atoms with Gasteiger partial charge in [-0.15, -0.1) is 0 Å². The van der Waals surface area contributed by atoms with E-state index in [9.17, 15) is 4.79 Å². The van der Waals surface area contributed by atoms with Crippen molar-refractivity contribution in [2.45, 2.75) is 32.6 Å². The zero-order valence-corrected chi connectivity index (χ0v) is 11.6. The number of fused-ring (bicyclic) bond motifs is 1. The molecule has 0 saturated heterocycles. The normalized spacial score (nSPS) is 13.7. The SMILES string of the molecule is Cc1cccc(NC(=O)c2ccc3c(c2)CCCC3)n1. The van der Waals surface area contributed by atoms with Crippen molar-refractivity contribution in [3.05, 3.63) is 58.8 Å². The average molecular weight is 266 g/mol. The molecule has 0 spiro atoms. The number of aromatic nitrogens is 1. The molecular weight excluding hydrogens is 248 g/mol. The van der Waals surface area contributed by atoms with Gasteiger partial charge in [-0.25, -0.2) is 4.98 Å². The summed E-state index contributed by atoms with van der Waals surface area (Å²) < 4.78 is 0. The Labute approximate surface area is 119 Å². The molecule has 1 aromatic heterocycles. The molecule has 3 nitrogen and oxygen atoms in total. The number of pyridine rings is 1. The lowest BCUT2D eigenvalue weighted by Gasteiger charge is -2.16. The summed E-state index contributed by atoms with van der Waals surface area (Å²) in [5, 5.41) is 2.86. The number of nitrogens with one attached hydrogen (secondary N) is 1. The molecule has 0 fully saturated rings. The highest BCUT2D eigenvalue weighted by Crippen LogP contribution is 2.22. The van der Waals surface area contributed by atoms with E-state index in [1.807, 2.05) is 37.3 Å². The molecule has 1 amide bonds. The quantitative estimate of drug-likeness (QED) is 0.903. The van der Waals surface area contributed by atoms with E-state index >= 15 is 0 Å². The number of rotatable bonds is 2. The third-order valence-corrected chi connectivity index (χ3v) is 3.74. The van der Waals surface area contributed by atoms with E-state index in [0.717, 1.165) is 18.5 Å². The van der Waals surface area contributed by atoms with E-state index in [4.69, 9.17) is 0 Å². The first-order valence-electron chi connectivity index (χ1n) is 7.09. The van der Waals surface area contributed by atoms with E-state index < -0.39 is 0 Å². The summed E-state index contributed by atoms with van der Waals surface area (Å²) in [4.78, 5) is 16.6. The Bertz CT molecular complexity index is 649. The lowest BCUT2D eigenvalue weighted by Crippen LogP contribution is -2.14. The molecule has 1 N–H and O–H groups in total. The van der Waals surface area contributed by atoms with Crippen LogP contribution in [0.3, 0.4) is 0 Å². The lowest BCUT2D eigenvalue weighted by molar-refractivity contribution is 0.102. The Morgan fingerprint density at radius 1 is 1.10 bits per heavy atom. The fraction of sp³-hybridized carbons (Fsp3) is 0.294. The number of hydrogen-bond donors (Lipinski definition) is 1. The van der Waals surface area contributed by atoms with Crippen LogP contribution >= 0.6 is 0 Å². The molecule has 0 radical (unpaired) electrons. The van der Waals surface area contributed by atoms with Crippen molar-refractivity contribution < 1.29 is 4.79 Å². The zero-order chi connectivity index (χ0) is 13.9. The maximum absolute atomic E-state index is 12.3. The molecule has 1 aliphatic rings. The molecule has 0 aliphatic heterocycles. The van der Waals surface area contributed by atoms with Crippen LogP contribution in [0.2, 0.25) is 0 Å². The van der Waals surface area contributed by atoms with Crippen LogP contribution in [-0.4, -0.2) is 10.9 Å².